The summed E-state index contributed by atoms with van der Waals surface area (Å²) in [6, 6.07) is 0. The summed E-state index contributed by atoms with van der Waals surface area (Å²) < 4.78 is 1.03. The first-order valence-corrected chi connectivity index (χ1v) is 17.5. The van der Waals surface area contributed by atoms with Crippen LogP contribution in [0, 0.1) is 46.3 Å². The molecule has 1 amide bonds. The molecule has 41 heavy (non-hydrogen) atoms. The molecule has 0 heterocycles. The molecule has 5 unspecified atom stereocenters. The number of unbranched alkanes of at least 4 members (excludes halogenated alkanes) is 3. The molecule has 0 aromatic rings. The van der Waals surface area contributed by atoms with Crippen molar-refractivity contribution < 1.29 is 24.6 Å². The number of nitrogens with one attached hydrogen (secondary N) is 1. The van der Waals surface area contributed by atoms with Gasteiger partial charge in [-0.15, -0.1) is 0 Å². The molecule has 0 radical (unpaired) electrons. The van der Waals surface area contributed by atoms with E-state index in [0.717, 1.165) is 75.4 Å². The normalized spacial score (nSPS) is 41.3. The van der Waals surface area contributed by atoms with Crippen molar-refractivity contribution >= 4 is 5.91 Å². The summed E-state index contributed by atoms with van der Waals surface area (Å²) in [6.07, 6.45) is 13.1. The lowest BCUT2D eigenvalue weighted by Crippen LogP contribution is -2.62. The molecule has 0 aromatic heterocycles. The van der Waals surface area contributed by atoms with Gasteiger partial charge in [0.2, 0.25) is 5.91 Å². The number of rotatable bonds is 13. The first-order valence-electron chi connectivity index (χ1n) is 17.5. The molecule has 6 heteroatoms. The molecule has 0 spiro atoms. The minimum absolute atomic E-state index is 0.108. The predicted molar refractivity (Wildman–Crippen MR) is 166 cm³/mol. The van der Waals surface area contributed by atoms with E-state index >= 15 is 0 Å². The largest absolute Gasteiger partial charge is 0.393 e. The summed E-state index contributed by atoms with van der Waals surface area (Å²) in [4.78, 5) is 12.8. The van der Waals surface area contributed by atoms with Crippen LogP contribution in [-0.2, 0) is 4.79 Å². The van der Waals surface area contributed by atoms with Gasteiger partial charge in [-0.05, 0) is 111 Å². The first-order chi connectivity index (χ1) is 19.3. The number of quaternary nitrogens is 1. The van der Waals surface area contributed by atoms with E-state index in [1.165, 1.54) is 32.2 Å². The maximum atomic E-state index is 12.8. The van der Waals surface area contributed by atoms with Crippen molar-refractivity contribution in [2.75, 3.05) is 33.7 Å². The van der Waals surface area contributed by atoms with Crippen LogP contribution in [-0.4, -0.2) is 77.8 Å². The van der Waals surface area contributed by atoms with Gasteiger partial charge in [-0.25, -0.2) is 0 Å². The maximum Gasteiger partial charge on any atom is 0.220 e. The first kappa shape index (κ1) is 33.2. The van der Waals surface area contributed by atoms with Crippen LogP contribution in [0.1, 0.15) is 118 Å². The number of carbonyl (C=O) groups excluding carboxylic acids is 1. The highest BCUT2D eigenvalue weighted by molar-refractivity contribution is 5.75. The Labute approximate surface area is 251 Å². The van der Waals surface area contributed by atoms with Crippen LogP contribution < -0.4 is 5.32 Å². The molecule has 11 atom stereocenters. The lowest BCUT2D eigenvalue weighted by Gasteiger charge is -2.63. The zero-order chi connectivity index (χ0) is 30.0. The molecule has 4 rings (SSSR count). The second-order valence-electron chi connectivity index (χ2n) is 16.2. The molecule has 4 aliphatic rings. The summed E-state index contributed by atoms with van der Waals surface area (Å²) in [6.45, 7) is 12.3. The summed E-state index contributed by atoms with van der Waals surface area (Å²) in [5.41, 5.74) is -0.0909. The molecule has 4 fully saturated rings. The van der Waals surface area contributed by atoms with E-state index in [-0.39, 0.29) is 41.0 Å². The van der Waals surface area contributed by atoms with Crippen LogP contribution in [0.4, 0.5) is 0 Å². The molecule has 0 saturated heterocycles. The van der Waals surface area contributed by atoms with Gasteiger partial charge < -0.3 is 25.1 Å². The highest BCUT2D eigenvalue weighted by atomic mass is 16.3. The standard InChI is InChI=1S/C35H64N2O4/c1-7-8-9-10-19-37(5,6)20-11-18-36-32(41)15-12-24(2)27-13-14-28-33-29(23-31(40)35(27,28)4)34(3)17-16-26(38)21-25(34)22-30(33)39/h24-31,33,38-40H,7-23H2,1-6H3/p+1/t24-,25?,26-,27-,28?,29?,30?,31+,33?,34+,35-/m1/s1. The highest BCUT2D eigenvalue weighted by Crippen LogP contribution is 2.68. The zero-order valence-electron chi connectivity index (χ0n) is 27.4. The van der Waals surface area contributed by atoms with Crippen LogP contribution in [0.15, 0.2) is 0 Å². The molecule has 4 aliphatic carbocycles. The predicted octanol–water partition coefficient (Wildman–Crippen LogP) is 5.53. The quantitative estimate of drug-likeness (QED) is 0.171. The minimum Gasteiger partial charge on any atom is -0.393 e. The van der Waals surface area contributed by atoms with Gasteiger partial charge >= 0.3 is 0 Å². The van der Waals surface area contributed by atoms with Crippen LogP contribution >= 0.6 is 0 Å². The number of aliphatic hydroxyl groups is 3. The van der Waals surface area contributed by atoms with E-state index in [1.54, 1.807) is 0 Å². The van der Waals surface area contributed by atoms with E-state index in [4.69, 9.17) is 0 Å². The Kier molecular flexibility index (Phi) is 11.0. The monoisotopic (exact) mass is 577 g/mol. The van der Waals surface area contributed by atoms with Crippen molar-refractivity contribution in [2.45, 2.75) is 136 Å². The molecule has 0 aliphatic heterocycles. The van der Waals surface area contributed by atoms with Crippen molar-refractivity contribution in [1.82, 2.24) is 5.32 Å². The van der Waals surface area contributed by atoms with E-state index < -0.39 is 0 Å². The molecular formula is C35H65N2O4+. The van der Waals surface area contributed by atoms with E-state index in [0.29, 0.717) is 36.0 Å². The summed E-state index contributed by atoms with van der Waals surface area (Å²) >= 11 is 0. The average molecular weight is 578 g/mol. The third-order valence-corrected chi connectivity index (χ3v) is 13.2. The Morgan fingerprint density at radius 3 is 2.41 bits per heavy atom. The number of hydrogen-bond acceptors (Lipinski definition) is 4. The van der Waals surface area contributed by atoms with Gasteiger partial charge in [0.05, 0.1) is 45.5 Å². The molecular weight excluding hydrogens is 512 g/mol. The minimum atomic E-state index is -0.365. The Morgan fingerprint density at radius 1 is 0.951 bits per heavy atom. The Balaban J connectivity index is 1.27. The number of aliphatic hydroxyl groups excluding tert-OH is 3. The fourth-order valence-corrected chi connectivity index (χ4v) is 10.6. The lowest BCUT2D eigenvalue weighted by molar-refractivity contribution is -0.890. The Morgan fingerprint density at radius 2 is 1.68 bits per heavy atom. The van der Waals surface area contributed by atoms with Gasteiger partial charge in [0.1, 0.15) is 0 Å². The van der Waals surface area contributed by atoms with Crippen LogP contribution in [0.2, 0.25) is 0 Å². The molecule has 0 aromatic carbocycles. The maximum absolute atomic E-state index is 12.8. The fraction of sp³-hybridized carbons (Fsp3) is 0.971. The number of fused-ring (bicyclic) bond motifs is 5. The number of hydrogen-bond donors (Lipinski definition) is 4. The van der Waals surface area contributed by atoms with Crippen molar-refractivity contribution in [3.63, 3.8) is 0 Å². The highest BCUT2D eigenvalue weighted by Gasteiger charge is 2.65. The topological polar surface area (TPSA) is 89.8 Å². The third-order valence-electron chi connectivity index (χ3n) is 13.2. The van der Waals surface area contributed by atoms with E-state index in [1.807, 2.05) is 0 Å². The average Bonchev–Trinajstić information content (AvgIpc) is 3.28. The Bertz CT molecular complexity index is 865. The van der Waals surface area contributed by atoms with Crippen molar-refractivity contribution in [3.8, 4) is 0 Å². The van der Waals surface area contributed by atoms with Gasteiger partial charge in [0, 0.05) is 19.4 Å². The van der Waals surface area contributed by atoms with E-state index in [9.17, 15) is 20.1 Å². The summed E-state index contributed by atoms with van der Waals surface area (Å²) in [7, 11) is 4.61. The summed E-state index contributed by atoms with van der Waals surface area (Å²) in [5, 5.41) is 36.8. The molecule has 4 N–H and O–H groups in total. The third kappa shape index (κ3) is 7.02. The summed E-state index contributed by atoms with van der Waals surface area (Å²) in [5.74, 6) is 2.18. The van der Waals surface area contributed by atoms with Gasteiger partial charge in [-0.1, -0.05) is 40.5 Å². The van der Waals surface area contributed by atoms with Gasteiger partial charge in [0.25, 0.3) is 0 Å². The number of amides is 1. The molecule has 238 valence electrons. The fourth-order valence-electron chi connectivity index (χ4n) is 10.6. The van der Waals surface area contributed by atoms with Crippen molar-refractivity contribution in [1.29, 1.82) is 0 Å². The van der Waals surface area contributed by atoms with Gasteiger partial charge in [-0.2, -0.15) is 0 Å². The van der Waals surface area contributed by atoms with Crippen molar-refractivity contribution in [3.05, 3.63) is 0 Å². The zero-order valence-corrected chi connectivity index (χ0v) is 27.4. The van der Waals surface area contributed by atoms with Crippen LogP contribution in [0.25, 0.3) is 0 Å². The second kappa shape index (κ2) is 13.5. The number of nitrogens with zero attached hydrogens (tertiary/aromatic N) is 1. The smallest absolute Gasteiger partial charge is 0.220 e. The van der Waals surface area contributed by atoms with E-state index in [2.05, 4.69) is 47.1 Å². The van der Waals surface area contributed by atoms with Crippen LogP contribution in [0.3, 0.4) is 0 Å². The number of carbonyl (C=O) groups is 1. The second-order valence-corrected chi connectivity index (χ2v) is 16.2. The molecule has 0 bridgehead atoms. The lowest BCUT2D eigenvalue weighted by atomic mass is 9.43. The Hall–Kier alpha value is -0.690. The van der Waals surface area contributed by atoms with Gasteiger partial charge in [0.15, 0.2) is 0 Å². The van der Waals surface area contributed by atoms with Gasteiger partial charge in [-0.3, -0.25) is 4.79 Å². The van der Waals surface area contributed by atoms with Crippen LogP contribution in [0.5, 0.6) is 0 Å². The molecule has 4 saturated carbocycles. The SMILES string of the molecule is CCCCCC[N+](C)(C)CCCNC(=O)CC[C@@H](C)[C@H]1CCC2C3C(O)CC4C[C@H](O)CC[C@]4(C)C3C[C@H](O)[C@@]21C. The van der Waals surface area contributed by atoms with Crippen molar-refractivity contribution in [2.24, 2.45) is 46.3 Å². The molecule has 6 nitrogen and oxygen atoms in total.